The minimum atomic E-state index is -0.734. The van der Waals surface area contributed by atoms with Crippen molar-refractivity contribution in [2.75, 3.05) is 12.4 Å². The Balaban J connectivity index is 1.41. The van der Waals surface area contributed by atoms with Crippen LogP contribution in [0.1, 0.15) is 37.7 Å². The van der Waals surface area contributed by atoms with Crippen molar-refractivity contribution in [1.29, 1.82) is 0 Å². The Morgan fingerprint density at radius 3 is 2.67 bits per heavy atom. The fourth-order valence-electron chi connectivity index (χ4n) is 4.56. The molecule has 198 valence electrons. The zero-order chi connectivity index (χ0) is 27.5. The van der Waals surface area contributed by atoms with E-state index >= 15 is 0 Å². The Morgan fingerprint density at radius 1 is 1.13 bits per heavy atom. The highest BCUT2D eigenvalue weighted by atomic mass is 35.5. The molecule has 11 heteroatoms. The third kappa shape index (κ3) is 5.51. The van der Waals surface area contributed by atoms with Crippen LogP contribution < -0.4 is 10.1 Å². The first-order valence-electron chi connectivity index (χ1n) is 12.2. The molecule has 0 spiro atoms. The van der Waals surface area contributed by atoms with Crippen molar-refractivity contribution < 1.29 is 19.1 Å². The van der Waals surface area contributed by atoms with E-state index in [2.05, 4.69) is 20.4 Å². The number of hydrogen-bond acceptors (Lipinski definition) is 7. The monoisotopic (exact) mass is 544 g/mol. The molecule has 2 amide bonds. The second kappa shape index (κ2) is 11.0. The van der Waals surface area contributed by atoms with Crippen LogP contribution in [-0.2, 0) is 31.2 Å². The number of nitrogens with one attached hydrogen (secondary N) is 1. The summed E-state index contributed by atoms with van der Waals surface area (Å²) in [5.41, 5.74) is 2.58. The molecule has 1 N–H and O–H groups in total. The molecule has 4 aromatic rings. The van der Waals surface area contributed by atoms with Crippen LogP contribution >= 0.6 is 11.6 Å². The molecular formula is C28H25ClN6O4. The number of carbonyl (C=O) groups is 3. The average molecular weight is 545 g/mol. The van der Waals surface area contributed by atoms with E-state index in [1.807, 2.05) is 12.1 Å². The first-order chi connectivity index (χ1) is 18.8. The molecule has 1 aromatic carbocycles. The number of carbonyl (C=O) groups excluding carboxylic acids is 3. The van der Waals surface area contributed by atoms with E-state index in [1.54, 1.807) is 55.8 Å². The minimum Gasteiger partial charge on any atom is -0.495 e. The second-order valence-electron chi connectivity index (χ2n) is 9.11. The molecule has 1 atom stereocenters. The SMILES string of the molecule is COc1ccc(NC(=O)c2ccc(CN3C(=O)c4c(cnn4C)CC(=O)C3Cc3ccccn3)cc2Cl)nc1. The van der Waals surface area contributed by atoms with Gasteiger partial charge in [-0.25, -0.2) is 4.98 Å². The number of rotatable bonds is 7. The van der Waals surface area contributed by atoms with E-state index in [0.717, 1.165) is 0 Å². The molecule has 39 heavy (non-hydrogen) atoms. The maximum Gasteiger partial charge on any atom is 0.273 e. The molecule has 4 heterocycles. The number of hydrogen-bond donors (Lipinski definition) is 1. The van der Waals surface area contributed by atoms with E-state index in [9.17, 15) is 14.4 Å². The van der Waals surface area contributed by atoms with Crippen LogP contribution in [0.2, 0.25) is 5.02 Å². The van der Waals surface area contributed by atoms with Crippen molar-refractivity contribution in [3.05, 3.63) is 100 Å². The number of nitrogens with zero attached hydrogens (tertiary/aromatic N) is 5. The van der Waals surface area contributed by atoms with Gasteiger partial charge in [0.15, 0.2) is 5.78 Å². The Labute approximate surface area is 229 Å². The van der Waals surface area contributed by atoms with E-state index in [1.165, 1.54) is 22.9 Å². The second-order valence-corrected chi connectivity index (χ2v) is 9.52. The minimum absolute atomic E-state index is 0.0994. The number of aryl methyl sites for hydroxylation is 1. The molecule has 0 saturated carbocycles. The number of ether oxygens (including phenoxy) is 1. The first kappa shape index (κ1) is 26.1. The lowest BCUT2D eigenvalue weighted by Crippen LogP contribution is -2.45. The molecule has 0 bridgehead atoms. The Morgan fingerprint density at radius 2 is 1.97 bits per heavy atom. The summed E-state index contributed by atoms with van der Waals surface area (Å²) in [6, 6.07) is 13.0. The molecule has 0 fully saturated rings. The molecule has 1 aliphatic rings. The lowest BCUT2D eigenvalue weighted by atomic mass is 10.0. The van der Waals surface area contributed by atoms with Crippen LogP contribution in [0.4, 0.5) is 5.82 Å². The Bertz CT molecular complexity index is 1540. The van der Waals surface area contributed by atoms with Crippen molar-refractivity contribution in [3.8, 4) is 5.75 Å². The number of benzene rings is 1. The van der Waals surface area contributed by atoms with Gasteiger partial charge in [0, 0.05) is 43.9 Å². The topological polar surface area (TPSA) is 119 Å². The van der Waals surface area contributed by atoms with Gasteiger partial charge in [-0.15, -0.1) is 0 Å². The maximum atomic E-state index is 13.8. The van der Waals surface area contributed by atoms with Gasteiger partial charge in [0.2, 0.25) is 0 Å². The molecule has 0 radical (unpaired) electrons. The van der Waals surface area contributed by atoms with Crippen molar-refractivity contribution in [3.63, 3.8) is 0 Å². The summed E-state index contributed by atoms with van der Waals surface area (Å²) in [5, 5.41) is 7.10. The summed E-state index contributed by atoms with van der Waals surface area (Å²) in [4.78, 5) is 50.0. The molecule has 5 rings (SSSR count). The van der Waals surface area contributed by atoms with Crippen LogP contribution in [0.15, 0.2) is 67.1 Å². The van der Waals surface area contributed by atoms with Gasteiger partial charge in [0.25, 0.3) is 11.8 Å². The van der Waals surface area contributed by atoms with Gasteiger partial charge in [0.05, 0.1) is 36.1 Å². The van der Waals surface area contributed by atoms with Gasteiger partial charge >= 0.3 is 0 Å². The summed E-state index contributed by atoms with van der Waals surface area (Å²) in [6.07, 6.45) is 5.09. The Hall–Kier alpha value is -4.57. The third-order valence-corrected chi connectivity index (χ3v) is 6.88. The molecule has 1 unspecified atom stereocenters. The maximum absolute atomic E-state index is 13.8. The highest BCUT2D eigenvalue weighted by Gasteiger charge is 2.37. The van der Waals surface area contributed by atoms with Gasteiger partial charge < -0.3 is 15.0 Å². The number of fused-ring (bicyclic) bond motifs is 1. The summed E-state index contributed by atoms with van der Waals surface area (Å²) in [7, 11) is 3.21. The number of amides is 2. The number of aromatic nitrogens is 4. The van der Waals surface area contributed by atoms with Gasteiger partial charge in [0.1, 0.15) is 17.3 Å². The lowest BCUT2D eigenvalue weighted by Gasteiger charge is -2.29. The van der Waals surface area contributed by atoms with Crippen molar-refractivity contribution in [2.45, 2.75) is 25.4 Å². The first-order valence-corrected chi connectivity index (χ1v) is 12.6. The van der Waals surface area contributed by atoms with Crippen LogP contribution in [-0.4, -0.2) is 55.4 Å². The molecule has 10 nitrogen and oxygen atoms in total. The fraction of sp³-hybridized carbons (Fsp3) is 0.214. The molecule has 3 aromatic heterocycles. The summed E-state index contributed by atoms with van der Waals surface area (Å²) in [5.74, 6) is 0.0726. The zero-order valence-corrected chi connectivity index (χ0v) is 22.1. The number of halogens is 1. The number of ketones is 1. The zero-order valence-electron chi connectivity index (χ0n) is 21.3. The summed E-state index contributed by atoms with van der Waals surface area (Å²) in [6.45, 7) is 0.106. The quantitative estimate of drug-likeness (QED) is 0.378. The predicted molar refractivity (Wildman–Crippen MR) is 144 cm³/mol. The highest BCUT2D eigenvalue weighted by Crippen LogP contribution is 2.26. The normalized spacial score (nSPS) is 15.1. The van der Waals surface area contributed by atoms with Crippen LogP contribution in [0, 0.1) is 0 Å². The summed E-state index contributed by atoms with van der Waals surface area (Å²) >= 11 is 6.51. The number of anilines is 1. The van der Waals surface area contributed by atoms with Crippen molar-refractivity contribution >= 4 is 35.0 Å². The number of methoxy groups -OCH3 is 1. The van der Waals surface area contributed by atoms with E-state index < -0.39 is 11.9 Å². The lowest BCUT2D eigenvalue weighted by molar-refractivity contribution is -0.122. The number of pyridine rings is 2. The van der Waals surface area contributed by atoms with Crippen molar-refractivity contribution in [1.82, 2.24) is 24.6 Å². The summed E-state index contributed by atoms with van der Waals surface area (Å²) < 4.78 is 6.58. The van der Waals surface area contributed by atoms with Gasteiger partial charge in [-0.3, -0.25) is 24.0 Å². The smallest absolute Gasteiger partial charge is 0.273 e. The van der Waals surface area contributed by atoms with Crippen LogP contribution in [0.25, 0.3) is 0 Å². The van der Waals surface area contributed by atoms with E-state index in [4.69, 9.17) is 16.3 Å². The van der Waals surface area contributed by atoms with E-state index in [-0.39, 0.29) is 41.7 Å². The Kier molecular flexibility index (Phi) is 7.38. The van der Waals surface area contributed by atoms with Crippen molar-refractivity contribution in [2.24, 2.45) is 7.05 Å². The molecule has 1 aliphatic heterocycles. The van der Waals surface area contributed by atoms with Gasteiger partial charge in [-0.05, 0) is 42.0 Å². The average Bonchev–Trinajstić information content (AvgIpc) is 3.26. The van der Waals surface area contributed by atoms with E-state index in [0.29, 0.717) is 34.1 Å². The highest BCUT2D eigenvalue weighted by molar-refractivity contribution is 6.34. The largest absolute Gasteiger partial charge is 0.495 e. The van der Waals surface area contributed by atoms with Gasteiger partial charge in [-0.2, -0.15) is 5.10 Å². The number of Topliss-reactive ketones (excluding diaryl/α,β-unsaturated/α-hetero) is 1. The third-order valence-electron chi connectivity index (χ3n) is 6.56. The molecular weight excluding hydrogens is 520 g/mol. The van der Waals surface area contributed by atoms with Crippen LogP contribution in [0.3, 0.4) is 0 Å². The molecule has 0 aliphatic carbocycles. The standard InChI is InChI=1S/C28H25ClN6O4/c1-34-26-18(14-32-34)12-24(36)23(13-19-5-3-4-10-30-19)35(28(26)38)16-17-6-8-21(22(29)11-17)27(37)33-25-9-7-20(39-2)15-31-25/h3-11,14-15,23H,12-13,16H2,1-2H3,(H,31,33,37). The van der Waals surface area contributed by atoms with Gasteiger partial charge in [-0.1, -0.05) is 23.7 Å². The fourth-order valence-corrected chi connectivity index (χ4v) is 4.85. The predicted octanol–water partition coefficient (Wildman–Crippen LogP) is 3.50. The van der Waals surface area contributed by atoms with Crippen LogP contribution in [0.5, 0.6) is 5.75 Å². The molecule has 0 saturated heterocycles.